The SMILES string of the molecule is CCOC(=O)c1ccc(N2C(=O)[C@H]3[C@H]4C[C@@H]([C@@H]3C2=O)[C@@H]2[C@H](c3cc(Br)ccc3OCC(=O)Nc3cccc(C(F)(F)F)c3)c3sc(=O)[nH]c3S[C@H]42)cc1. The third-order valence-electron chi connectivity index (χ3n) is 10.5. The van der Waals surface area contributed by atoms with Gasteiger partial charge in [0, 0.05) is 31.8 Å². The maximum atomic E-state index is 14.2. The van der Waals surface area contributed by atoms with Crippen LogP contribution >= 0.6 is 39.0 Å². The second-order valence-corrected chi connectivity index (χ2v) is 16.5. The summed E-state index contributed by atoms with van der Waals surface area (Å²) >= 11 is 6.15. The van der Waals surface area contributed by atoms with E-state index in [-0.39, 0.29) is 52.0 Å². The Balaban J connectivity index is 1.09. The molecular formula is C37H29BrF3N3O7S2. The number of alkyl halides is 3. The third kappa shape index (κ3) is 6.17. The number of imide groups is 1. The van der Waals surface area contributed by atoms with Gasteiger partial charge in [-0.15, -0.1) is 11.8 Å². The van der Waals surface area contributed by atoms with E-state index in [1.165, 1.54) is 40.9 Å². The standard InChI is InChI=1S/C37H29BrF3N3O7S2/c1-2-50-35(48)16-6-9-20(10-7-16)44-33(46)28-22-14-23(29(28)34(44)47)30-27(22)26(31-32(52-30)43-36(49)53-31)21-13-18(38)8-11-24(21)51-15-25(45)42-19-5-3-4-17(12-19)37(39,40)41/h3-13,22-23,26-30H,2,14-15H2,1H3,(H,42,45)(H,43,49)/t22-,23-,26+,27-,28+,29+,30-/m1/s1. The van der Waals surface area contributed by atoms with Gasteiger partial charge in [0.1, 0.15) is 5.75 Å². The van der Waals surface area contributed by atoms with Crippen molar-refractivity contribution in [3.8, 4) is 5.75 Å². The first-order valence-corrected chi connectivity index (χ1v) is 19.3. The van der Waals surface area contributed by atoms with Gasteiger partial charge in [-0.2, -0.15) is 13.2 Å². The summed E-state index contributed by atoms with van der Waals surface area (Å²) in [4.78, 5) is 70.9. The predicted octanol–water partition coefficient (Wildman–Crippen LogP) is 7.09. The Kier molecular flexibility index (Phi) is 9.05. The molecule has 3 heterocycles. The van der Waals surface area contributed by atoms with Gasteiger partial charge in [-0.25, -0.2) is 4.79 Å². The number of hydrogen-bond acceptors (Lipinski definition) is 9. The molecule has 2 aliphatic carbocycles. The van der Waals surface area contributed by atoms with Crippen molar-refractivity contribution in [2.24, 2.45) is 29.6 Å². The first-order chi connectivity index (χ1) is 25.3. The summed E-state index contributed by atoms with van der Waals surface area (Å²) in [7, 11) is 0. The second kappa shape index (κ2) is 13.5. The Bertz CT molecular complexity index is 2230. The molecule has 4 aliphatic rings. The van der Waals surface area contributed by atoms with Gasteiger partial charge in [0.05, 0.1) is 40.3 Å². The number of halogens is 4. The maximum absolute atomic E-state index is 14.2. The molecule has 2 bridgehead atoms. The van der Waals surface area contributed by atoms with Crippen LogP contribution in [0.1, 0.15) is 45.6 Å². The Hall–Kier alpha value is -4.41. The van der Waals surface area contributed by atoms with Crippen LogP contribution in [0, 0.1) is 29.6 Å². The number of fused-ring (bicyclic) bond motifs is 9. The third-order valence-corrected chi connectivity index (χ3v) is 13.6. The van der Waals surface area contributed by atoms with E-state index in [9.17, 15) is 37.1 Å². The monoisotopic (exact) mass is 827 g/mol. The number of aromatic amines is 1. The van der Waals surface area contributed by atoms with E-state index < -0.39 is 48.0 Å². The molecule has 1 aromatic heterocycles. The topological polar surface area (TPSA) is 135 Å². The van der Waals surface area contributed by atoms with Crippen molar-refractivity contribution in [1.82, 2.24) is 4.98 Å². The Labute approximate surface area is 316 Å². The number of carbonyl (C=O) groups excluding carboxylic acids is 4. The van der Waals surface area contributed by atoms with E-state index in [2.05, 4.69) is 26.2 Å². The van der Waals surface area contributed by atoms with Gasteiger partial charge in [-0.05, 0) is 91.8 Å². The minimum Gasteiger partial charge on any atom is -0.483 e. The summed E-state index contributed by atoms with van der Waals surface area (Å²) in [6.45, 7) is 1.41. The lowest BCUT2D eigenvalue weighted by atomic mass is 9.68. The number of aromatic nitrogens is 1. The number of thiazole rings is 1. The highest BCUT2D eigenvalue weighted by molar-refractivity contribution is 9.10. The quantitative estimate of drug-likeness (QED) is 0.142. The van der Waals surface area contributed by atoms with Gasteiger partial charge in [0.25, 0.3) is 5.91 Å². The highest BCUT2D eigenvalue weighted by Gasteiger charge is 2.70. The molecule has 8 rings (SSSR count). The van der Waals surface area contributed by atoms with E-state index in [1.807, 2.05) is 6.07 Å². The number of thioether (sulfide) groups is 1. The fraction of sp³-hybridized carbons (Fsp3) is 0.324. The van der Waals surface area contributed by atoms with E-state index in [0.29, 0.717) is 38.5 Å². The lowest BCUT2D eigenvalue weighted by molar-refractivity contribution is -0.137. The molecule has 3 fully saturated rings. The fourth-order valence-corrected chi connectivity index (χ4v) is 11.8. The largest absolute Gasteiger partial charge is 0.483 e. The van der Waals surface area contributed by atoms with E-state index in [0.717, 1.165) is 28.3 Å². The summed E-state index contributed by atoms with van der Waals surface area (Å²) in [6, 6.07) is 15.8. The molecule has 1 saturated heterocycles. The van der Waals surface area contributed by atoms with Crippen molar-refractivity contribution in [3.05, 3.63) is 102 Å². The Morgan fingerprint density at radius 2 is 1.74 bits per heavy atom. The first kappa shape index (κ1) is 35.6. The van der Waals surface area contributed by atoms with Crippen molar-refractivity contribution < 1.29 is 41.8 Å². The molecule has 16 heteroatoms. The minimum absolute atomic E-state index is 0.0327. The van der Waals surface area contributed by atoms with Crippen molar-refractivity contribution >= 4 is 74.1 Å². The number of anilines is 2. The molecule has 3 amide bonds. The number of hydrogen-bond donors (Lipinski definition) is 2. The van der Waals surface area contributed by atoms with Crippen LogP contribution in [-0.2, 0) is 25.3 Å². The highest BCUT2D eigenvalue weighted by Crippen LogP contribution is 2.69. The average Bonchev–Trinajstić information content (AvgIpc) is 3.86. The highest BCUT2D eigenvalue weighted by atomic mass is 79.9. The zero-order valence-corrected chi connectivity index (χ0v) is 30.9. The lowest BCUT2D eigenvalue weighted by Gasteiger charge is -2.43. The molecule has 7 atom stereocenters. The number of rotatable bonds is 8. The predicted molar refractivity (Wildman–Crippen MR) is 193 cm³/mol. The molecule has 0 radical (unpaired) electrons. The van der Waals surface area contributed by atoms with E-state index in [1.54, 1.807) is 31.2 Å². The molecular weight excluding hydrogens is 799 g/mol. The van der Waals surface area contributed by atoms with Crippen LogP contribution in [-0.4, -0.2) is 47.1 Å². The van der Waals surface area contributed by atoms with E-state index in [4.69, 9.17) is 9.47 Å². The summed E-state index contributed by atoms with van der Waals surface area (Å²) in [5, 5.41) is 3.03. The number of esters is 1. The van der Waals surface area contributed by atoms with E-state index >= 15 is 0 Å². The molecule has 2 N–H and O–H groups in total. The lowest BCUT2D eigenvalue weighted by Crippen LogP contribution is -2.42. The number of nitrogens with zero attached hydrogens (tertiary/aromatic N) is 1. The van der Waals surface area contributed by atoms with Gasteiger partial charge >= 0.3 is 17.0 Å². The number of amides is 3. The number of H-pyrrole nitrogens is 1. The van der Waals surface area contributed by atoms with Crippen LogP contribution < -0.4 is 19.8 Å². The molecule has 0 spiro atoms. The van der Waals surface area contributed by atoms with Crippen LogP contribution in [0.3, 0.4) is 0 Å². The van der Waals surface area contributed by atoms with Crippen LogP contribution in [0.5, 0.6) is 5.75 Å². The molecule has 274 valence electrons. The summed E-state index contributed by atoms with van der Waals surface area (Å²) in [6.07, 6.45) is -3.93. The van der Waals surface area contributed by atoms with Crippen LogP contribution in [0.25, 0.3) is 0 Å². The molecule has 3 aromatic carbocycles. The van der Waals surface area contributed by atoms with Gasteiger partial charge in [-0.3, -0.25) is 24.1 Å². The van der Waals surface area contributed by atoms with Crippen molar-refractivity contribution in [3.63, 3.8) is 0 Å². The first-order valence-electron chi connectivity index (χ1n) is 16.8. The van der Waals surface area contributed by atoms with Crippen LogP contribution in [0.2, 0.25) is 0 Å². The van der Waals surface area contributed by atoms with Crippen LogP contribution in [0.4, 0.5) is 24.5 Å². The zero-order valence-electron chi connectivity index (χ0n) is 27.6. The molecule has 4 aromatic rings. The minimum atomic E-state index is -4.58. The maximum Gasteiger partial charge on any atom is 0.416 e. The van der Waals surface area contributed by atoms with Gasteiger partial charge in [-0.1, -0.05) is 33.3 Å². The molecule has 0 unspecified atom stereocenters. The summed E-state index contributed by atoms with van der Waals surface area (Å²) < 4.78 is 51.5. The second-order valence-electron chi connectivity index (χ2n) is 13.3. The van der Waals surface area contributed by atoms with Gasteiger partial charge in [0.15, 0.2) is 6.61 Å². The molecule has 10 nitrogen and oxygen atoms in total. The zero-order chi connectivity index (χ0) is 37.3. The van der Waals surface area contributed by atoms with Gasteiger partial charge < -0.3 is 19.8 Å². The number of nitrogens with one attached hydrogen (secondary N) is 2. The van der Waals surface area contributed by atoms with Crippen molar-refractivity contribution in [2.45, 2.75) is 35.7 Å². The average molecular weight is 829 g/mol. The summed E-state index contributed by atoms with van der Waals surface area (Å²) in [5.74, 6) is -3.54. The Morgan fingerprint density at radius 1 is 1.00 bits per heavy atom. The van der Waals surface area contributed by atoms with Gasteiger partial charge in [0.2, 0.25) is 11.8 Å². The fourth-order valence-electron chi connectivity index (χ4n) is 8.59. The molecule has 53 heavy (non-hydrogen) atoms. The number of carbonyl (C=O) groups is 4. The number of benzene rings is 3. The van der Waals surface area contributed by atoms with Crippen molar-refractivity contribution in [2.75, 3.05) is 23.4 Å². The summed E-state index contributed by atoms with van der Waals surface area (Å²) in [5.41, 5.74) is 0.423. The molecule has 2 aliphatic heterocycles. The normalized spacial score (nSPS) is 25.5. The Morgan fingerprint density at radius 3 is 2.45 bits per heavy atom. The number of ether oxygens (including phenoxy) is 2. The smallest absolute Gasteiger partial charge is 0.416 e. The van der Waals surface area contributed by atoms with Crippen LogP contribution in [0.15, 0.2) is 81.0 Å². The van der Waals surface area contributed by atoms with Crippen molar-refractivity contribution in [1.29, 1.82) is 0 Å². The molecule has 2 saturated carbocycles.